The van der Waals surface area contributed by atoms with Gasteiger partial charge in [-0.05, 0) is 69.0 Å². The monoisotopic (exact) mass is 403 g/mol. The molecule has 1 aromatic heterocycles. The van der Waals surface area contributed by atoms with Crippen LogP contribution < -0.4 is 10.6 Å². The second-order valence-electron chi connectivity index (χ2n) is 8.75. The number of hydrogen-bond acceptors (Lipinski definition) is 3. The zero-order valence-corrected chi connectivity index (χ0v) is 17.3. The Hall–Kier alpha value is -1.56. The number of anilines is 1. The van der Waals surface area contributed by atoms with Gasteiger partial charge in [0, 0.05) is 31.1 Å². The molecule has 1 unspecified atom stereocenters. The first-order valence-corrected chi connectivity index (χ1v) is 10.8. The Morgan fingerprint density at radius 1 is 1.32 bits per heavy atom. The van der Waals surface area contributed by atoms with Crippen LogP contribution >= 0.6 is 11.6 Å². The summed E-state index contributed by atoms with van der Waals surface area (Å²) in [5.41, 5.74) is 1.86. The maximum absolute atomic E-state index is 12.9. The van der Waals surface area contributed by atoms with Crippen molar-refractivity contribution in [2.24, 2.45) is 11.3 Å². The van der Waals surface area contributed by atoms with Crippen LogP contribution in [0.2, 0.25) is 5.02 Å². The van der Waals surface area contributed by atoms with Crippen molar-refractivity contribution in [1.29, 1.82) is 0 Å². The fourth-order valence-corrected chi connectivity index (χ4v) is 5.49. The largest absolute Gasteiger partial charge is 0.390 e. The first-order chi connectivity index (χ1) is 13.5. The van der Waals surface area contributed by atoms with E-state index in [9.17, 15) is 9.90 Å². The molecule has 3 aliphatic rings. The fraction of sp³-hybridized carbons (Fsp3) is 0.591. The van der Waals surface area contributed by atoms with Crippen LogP contribution in [0.5, 0.6) is 0 Å². The number of likely N-dealkylation sites (N-methyl/N-ethyl adjacent to an activating group) is 1. The number of fused-ring (bicyclic) bond motifs is 4. The third kappa shape index (κ3) is 3.93. The van der Waals surface area contributed by atoms with Gasteiger partial charge in [0.1, 0.15) is 0 Å². The number of aliphatic hydroxyl groups excluding tert-OH is 1. The minimum absolute atomic E-state index is 0.0788. The third-order valence-electron chi connectivity index (χ3n) is 6.76. The van der Waals surface area contributed by atoms with Crippen molar-refractivity contribution in [3.05, 3.63) is 29.4 Å². The summed E-state index contributed by atoms with van der Waals surface area (Å²) in [6.45, 7) is 0.949. The predicted molar refractivity (Wildman–Crippen MR) is 114 cm³/mol. The molecule has 1 atom stereocenters. The molecule has 1 heterocycles. The van der Waals surface area contributed by atoms with Crippen LogP contribution in [-0.2, 0) is 11.3 Å². The molecule has 3 saturated carbocycles. The number of carbonyl (C=O) groups excluding carboxylic acids is 1. The van der Waals surface area contributed by atoms with E-state index in [1.807, 2.05) is 36.0 Å². The molecule has 2 aromatic rings. The summed E-state index contributed by atoms with van der Waals surface area (Å²) >= 11 is 6.47. The summed E-state index contributed by atoms with van der Waals surface area (Å²) in [5, 5.41) is 17.8. The lowest BCUT2D eigenvalue weighted by atomic mass is 9.59. The molecule has 3 aliphatic carbocycles. The zero-order valence-electron chi connectivity index (χ0n) is 16.5. The summed E-state index contributed by atoms with van der Waals surface area (Å²) < 4.78 is 1.98. The number of nitrogens with zero attached hydrogens (tertiary/aromatic N) is 1. The first kappa shape index (κ1) is 19.7. The Bertz CT molecular complexity index is 841. The van der Waals surface area contributed by atoms with E-state index >= 15 is 0 Å². The highest BCUT2D eigenvalue weighted by molar-refractivity contribution is 6.36. The van der Waals surface area contributed by atoms with Crippen LogP contribution in [0.1, 0.15) is 44.9 Å². The molecule has 1 amide bonds. The highest BCUT2D eigenvalue weighted by atomic mass is 35.5. The van der Waals surface area contributed by atoms with Crippen molar-refractivity contribution < 1.29 is 9.90 Å². The van der Waals surface area contributed by atoms with Crippen LogP contribution in [0.25, 0.3) is 10.9 Å². The zero-order chi connectivity index (χ0) is 19.7. The second kappa shape index (κ2) is 8.05. The van der Waals surface area contributed by atoms with Crippen molar-refractivity contribution in [2.75, 3.05) is 18.9 Å². The van der Waals surface area contributed by atoms with Crippen LogP contribution in [0, 0.1) is 11.3 Å². The number of amides is 1. The molecule has 1 aromatic carbocycles. The van der Waals surface area contributed by atoms with E-state index in [0.29, 0.717) is 24.5 Å². The third-order valence-corrected chi connectivity index (χ3v) is 7.08. The summed E-state index contributed by atoms with van der Waals surface area (Å²) in [6, 6.07) is 5.72. The van der Waals surface area contributed by atoms with Crippen LogP contribution in [0.4, 0.5) is 5.69 Å². The quantitative estimate of drug-likeness (QED) is 0.649. The molecule has 28 heavy (non-hydrogen) atoms. The highest BCUT2D eigenvalue weighted by Crippen LogP contribution is 2.52. The van der Waals surface area contributed by atoms with Crippen LogP contribution in [0.15, 0.2) is 24.4 Å². The van der Waals surface area contributed by atoms with E-state index in [1.54, 1.807) is 0 Å². The molecule has 5 rings (SSSR count). The Balaban J connectivity index is 1.55. The standard InChI is InChI=1S/C22H30ClN3O2/c1-24-12-16(27)13-26-14-18(21-17(23)3-2-4-19(21)26)25-20(28)11-22-8-5-15(6-9-22)7-10-22/h2-4,14-16,24,27H,5-13H2,1H3,(H,25,28). The van der Waals surface area contributed by atoms with Crippen molar-refractivity contribution in [2.45, 2.75) is 57.6 Å². The molecule has 5 nitrogen and oxygen atoms in total. The number of hydrogen-bond donors (Lipinski definition) is 3. The Morgan fingerprint density at radius 2 is 2.04 bits per heavy atom. The lowest BCUT2D eigenvalue weighted by Gasteiger charge is -2.46. The van der Waals surface area contributed by atoms with E-state index in [-0.39, 0.29) is 11.3 Å². The van der Waals surface area contributed by atoms with Crippen molar-refractivity contribution in [1.82, 2.24) is 9.88 Å². The summed E-state index contributed by atoms with van der Waals surface area (Å²) in [7, 11) is 1.82. The number of carbonyl (C=O) groups is 1. The molecule has 2 bridgehead atoms. The van der Waals surface area contributed by atoms with E-state index < -0.39 is 6.10 Å². The molecule has 6 heteroatoms. The van der Waals surface area contributed by atoms with Crippen molar-refractivity contribution in [3.8, 4) is 0 Å². The van der Waals surface area contributed by atoms with E-state index in [1.165, 1.54) is 38.5 Å². The van der Waals surface area contributed by atoms with E-state index in [2.05, 4.69) is 10.6 Å². The molecular weight excluding hydrogens is 374 g/mol. The fourth-order valence-electron chi connectivity index (χ4n) is 5.22. The second-order valence-corrected chi connectivity index (χ2v) is 9.15. The van der Waals surface area contributed by atoms with Gasteiger partial charge in [-0.25, -0.2) is 0 Å². The van der Waals surface area contributed by atoms with Crippen molar-refractivity contribution >= 4 is 34.1 Å². The van der Waals surface area contributed by atoms with Crippen LogP contribution in [0.3, 0.4) is 0 Å². The SMILES string of the molecule is CNCC(O)Cn1cc(NC(=O)CC23CCC(CC2)CC3)c2c(Cl)cccc21. The van der Waals surface area contributed by atoms with Gasteiger partial charge in [0.2, 0.25) is 5.91 Å². The van der Waals surface area contributed by atoms with E-state index in [0.717, 1.165) is 22.5 Å². The average Bonchev–Trinajstić information content (AvgIpc) is 3.01. The molecule has 0 radical (unpaired) electrons. The van der Waals surface area contributed by atoms with Gasteiger partial charge < -0.3 is 20.3 Å². The van der Waals surface area contributed by atoms with Gasteiger partial charge in [0.15, 0.2) is 0 Å². The number of benzene rings is 1. The maximum atomic E-state index is 12.9. The summed E-state index contributed by atoms with van der Waals surface area (Å²) in [6.07, 6.45) is 9.38. The lowest BCUT2D eigenvalue weighted by Crippen LogP contribution is -2.37. The lowest BCUT2D eigenvalue weighted by molar-refractivity contribution is -0.120. The predicted octanol–water partition coefficient (Wildman–Crippen LogP) is 4.17. The molecule has 0 spiro atoms. The molecule has 0 aliphatic heterocycles. The van der Waals surface area contributed by atoms with Gasteiger partial charge in [0.05, 0.1) is 22.3 Å². The molecule has 3 fully saturated rings. The normalized spacial score (nSPS) is 25.2. The smallest absolute Gasteiger partial charge is 0.224 e. The first-order valence-electron chi connectivity index (χ1n) is 10.4. The molecular formula is C22H30ClN3O2. The van der Waals surface area contributed by atoms with Gasteiger partial charge in [0.25, 0.3) is 0 Å². The number of nitrogens with one attached hydrogen (secondary N) is 2. The molecule has 152 valence electrons. The van der Waals surface area contributed by atoms with Gasteiger partial charge in [-0.3, -0.25) is 4.79 Å². The molecule has 3 N–H and O–H groups in total. The molecule has 0 saturated heterocycles. The number of aliphatic hydroxyl groups is 1. The number of aromatic nitrogens is 1. The van der Waals surface area contributed by atoms with E-state index in [4.69, 9.17) is 11.6 Å². The topological polar surface area (TPSA) is 66.3 Å². The number of halogens is 1. The Kier molecular flexibility index (Phi) is 5.68. The number of rotatable bonds is 7. The van der Waals surface area contributed by atoms with Crippen LogP contribution in [-0.4, -0.2) is 35.3 Å². The van der Waals surface area contributed by atoms with Gasteiger partial charge in [-0.2, -0.15) is 0 Å². The highest BCUT2D eigenvalue weighted by Gasteiger charge is 2.41. The van der Waals surface area contributed by atoms with Gasteiger partial charge in [-0.1, -0.05) is 17.7 Å². The van der Waals surface area contributed by atoms with Gasteiger partial charge in [-0.15, -0.1) is 0 Å². The Morgan fingerprint density at radius 3 is 2.71 bits per heavy atom. The van der Waals surface area contributed by atoms with Crippen molar-refractivity contribution in [3.63, 3.8) is 0 Å². The summed E-state index contributed by atoms with van der Waals surface area (Å²) in [4.78, 5) is 12.9. The maximum Gasteiger partial charge on any atom is 0.224 e. The Labute approximate surface area is 171 Å². The minimum atomic E-state index is -0.514. The van der Waals surface area contributed by atoms with Gasteiger partial charge >= 0.3 is 0 Å². The summed E-state index contributed by atoms with van der Waals surface area (Å²) in [5.74, 6) is 0.973. The average molecular weight is 404 g/mol. The minimum Gasteiger partial charge on any atom is -0.390 e.